The quantitative estimate of drug-likeness (QED) is 0.878. The van der Waals surface area contributed by atoms with Crippen LogP contribution in [0.5, 0.6) is 5.75 Å². The van der Waals surface area contributed by atoms with Crippen LogP contribution >= 0.6 is 0 Å². The van der Waals surface area contributed by atoms with Gasteiger partial charge in [-0.1, -0.05) is 6.07 Å². The molecule has 1 amide bonds. The topological polar surface area (TPSA) is 41.6 Å². The zero-order valence-corrected chi connectivity index (χ0v) is 12.7. The van der Waals surface area contributed by atoms with E-state index in [4.69, 9.17) is 4.74 Å². The first kappa shape index (κ1) is 16.7. The second-order valence-electron chi connectivity index (χ2n) is 5.40. The number of rotatable bonds is 6. The average molecular weight is 312 g/mol. The number of benzene rings is 1. The van der Waals surface area contributed by atoms with Crippen LogP contribution in [0.3, 0.4) is 0 Å². The predicted molar refractivity (Wildman–Crippen MR) is 80.5 cm³/mol. The van der Waals surface area contributed by atoms with Crippen LogP contribution in [0.4, 0.5) is 8.78 Å². The van der Waals surface area contributed by atoms with Crippen LogP contribution in [-0.2, 0) is 0 Å². The van der Waals surface area contributed by atoms with Crippen molar-refractivity contribution in [1.29, 1.82) is 0 Å². The molecule has 4 nitrogen and oxygen atoms in total. The van der Waals surface area contributed by atoms with E-state index >= 15 is 0 Å². The van der Waals surface area contributed by atoms with Crippen LogP contribution in [-0.4, -0.2) is 49.5 Å². The van der Waals surface area contributed by atoms with Gasteiger partial charge in [0.25, 0.3) is 12.3 Å². The number of nitrogens with one attached hydrogen (secondary N) is 1. The van der Waals surface area contributed by atoms with E-state index in [2.05, 4.69) is 5.32 Å². The molecule has 1 fully saturated rings. The molecule has 1 aromatic rings. The molecule has 1 N–H and O–H groups in total. The summed E-state index contributed by atoms with van der Waals surface area (Å²) in [6.45, 7) is 3.44. The molecule has 0 atom stereocenters. The third-order valence-corrected chi connectivity index (χ3v) is 3.73. The van der Waals surface area contributed by atoms with Gasteiger partial charge in [0.05, 0.1) is 13.2 Å². The number of carbonyl (C=O) groups excluding carboxylic acids is 1. The number of hydrogen-bond donors (Lipinski definition) is 1. The third-order valence-electron chi connectivity index (χ3n) is 3.73. The number of hydrogen-bond acceptors (Lipinski definition) is 3. The Labute approximate surface area is 129 Å². The zero-order chi connectivity index (χ0) is 15.9. The molecule has 0 spiro atoms. The van der Waals surface area contributed by atoms with E-state index in [1.165, 1.54) is 0 Å². The van der Waals surface area contributed by atoms with Crippen LogP contribution in [0.25, 0.3) is 0 Å². The van der Waals surface area contributed by atoms with Crippen LogP contribution in [0, 0.1) is 0 Å². The van der Waals surface area contributed by atoms with Crippen LogP contribution < -0.4 is 10.1 Å². The Balaban J connectivity index is 1.84. The van der Waals surface area contributed by atoms with E-state index in [0.717, 1.165) is 0 Å². The maximum Gasteiger partial charge on any atom is 0.251 e. The molecule has 0 aliphatic carbocycles. The first-order valence-electron chi connectivity index (χ1n) is 7.62. The molecular weight excluding hydrogens is 290 g/mol. The Morgan fingerprint density at radius 2 is 2.14 bits per heavy atom. The number of amides is 1. The smallest absolute Gasteiger partial charge is 0.251 e. The van der Waals surface area contributed by atoms with E-state index in [1.807, 2.05) is 13.0 Å². The Morgan fingerprint density at radius 3 is 2.77 bits per heavy atom. The predicted octanol–water partition coefficient (Wildman–Crippen LogP) is 2.54. The lowest BCUT2D eigenvalue weighted by Gasteiger charge is -2.32. The van der Waals surface area contributed by atoms with Gasteiger partial charge < -0.3 is 10.1 Å². The maximum atomic E-state index is 12.3. The molecule has 0 saturated carbocycles. The fraction of sp³-hybridized carbons (Fsp3) is 0.562. The van der Waals surface area contributed by atoms with E-state index < -0.39 is 6.43 Å². The summed E-state index contributed by atoms with van der Waals surface area (Å²) in [5, 5.41) is 2.97. The molecule has 2 rings (SSSR count). The summed E-state index contributed by atoms with van der Waals surface area (Å²) in [6.07, 6.45) is -0.903. The second-order valence-corrected chi connectivity index (χ2v) is 5.40. The van der Waals surface area contributed by atoms with Gasteiger partial charge >= 0.3 is 0 Å². The molecule has 6 heteroatoms. The number of likely N-dealkylation sites (tertiary alicyclic amines) is 1. The Hall–Kier alpha value is -1.69. The third kappa shape index (κ3) is 4.94. The van der Waals surface area contributed by atoms with Crippen molar-refractivity contribution in [3.8, 4) is 5.75 Å². The normalized spacial score (nSPS) is 16.7. The summed E-state index contributed by atoms with van der Waals surface area (Å²) in [5.41, 5.74) is 0.556. The Kier molecular flexibility index (Phi) is 6.12. The van der Waals surface area contributed by atoms with E-state index in [9.17, 15) is 13.6 Å². The Bertz CT molecular complexity index is 489. The number of alkyl halides is 2. The molecule has 0 aromatic heterocycles. The van der Waals surface area contributed by atoms with E-state index in [1.54, 1.807) is 23.1 Å². The monoisotopic (exact) mass is 312 g/mol. The van der Waals surface area contributed by atoms with E-state index in [-0.39, 0.29) is 18.5 Å². The average Bonchev–Trinajstić information content (AvgIpc) is 2.49. The van der Waals surface area contributed by atoms with Gasteiger partial charge in [-0.05, 0) is 38.0 Å². The summed E-state index contributed by atoms with van der Waals surface area (Å²) in [5.74, 6) is 0.524. The number of carbonyl (C=O) groups is 1. The molecule has 1 aromatic carbocycles. The molecular formula is C16H22F2N2O2. The van der Waals surface area contributed by atoms with Gasteiger partial charge in [0, 0.05) is 24.7 Å². The summed E-state index contributed by atoms with van der Waals surface area (Å²) in [6, 6.07) is 7.08. The summed E-state index contributed by atoms with van der Waals surface area (Å²) < 4.78 is 30.0. The minimum Gasteiger partial charge on any atom is -0.494 e. The molecule has 0 radical (unpaired) electrons. The largest absolute Gasteiger partial charge is 0.494 e. The summed E-state index contributed by atoms with van der Waals surface area (Å²) >= 11 is 0. The molecule has 0 bridgehead atoms. The number of ether oxygens (including phenoxy) is 1. The van der Waals surface area contributed by atoms with Crippen LogP contribution in [0.1, 0.15) is 30.1 Å². The molecule has 1 heterocycles. The van der Waals surface area contributed by atoms with Crippen molar-refractivity contribution in [3.05, 3.63) is 29.8 Å². The molecule has 22 heavy (non-hydrogen) atoms. The minimum atomic E-state index is -2.30. The number of halogens is 2. The molecule has 1 aliphatic heterocycles. The highest BCUT2D eigenvalue weighted by Crippen LogP contribution is 2.15. The van der Waals surface area contributed by atoms with Crippen molar-refractivity contribution in [2.45, 2.75) is 32.2 Å². The van der Waals surface area contributed by atoms with Crippen molar-refractivity contribution in [2.75, 3.05) is 26.2 Å². The maximum absolute atomic E-state index is 12.3. The van der Waals surface area contributed by atoms with Gasteiger partial charge in [-0.3, -0.25) is 9.69 Å². The lowest BCUT2D eigenvalue weighted by molar-refractivity contribution is 0.0696. The van der Waals surface area contributed by atoms with Gasteiger partial charge in [0.1, 0.15) is 5.75 Å². The van der Waals surface area contributed by atoms with E-state index in [0.29, 0.717) is 43.9 Å². The highest BCUT2D eigenvalue weighted by atomic mass is 19.3. The minimum absolute atomic E-state index is 0.0390. The van der Waals surface area contributed by atoms with Crippen LogP contribution in [0.15, 0.2) is 24.3 Å². The molecule has 122 valence electrons. The summed E-state index contributed by atoms with van der Waals surface area (Å²) in [7, 11) is 0. The molecule has 1 saturated heterocycles. The lowest BCUT2D eigenvalue weighted by Crippen LogP contribution is -2.45. The zero-order valence-electron chi connectivity index (χ0n) is 12.7. The first-order chi connectivity index (χ1) is 10.6. The molecule has 0 unspecified atom stereocenters. The van der Waals surface area contributed by atoms with Gasteiger partial charge in [-0.2, -0.15) is 0 Å². The second kappa shape index (κ2) is 8.08. The van der Waals surface area contributed by atoms with Gasteiger partial charge in [-0.15, -0.1) is 0 Å². The van der Waals surface area contributed by atoms with Gasteiger partial charge in [-0.25, -0.2) is 8.78 Å². The first-order valence-corrected chi connectivity index (χ1v) is 7.62. The lowest BCUT2D eigenvalue weighted by atomic mass is 10.0. The van der Waals surface area contributed by atoms with Gasteiger partial charge in [0.2, 0.25) is 0 Å². The standard InChI is InChI=1S/C16H22F2N2O2/c1-2-22-14-5-3-4-12(10-14)16(21)19-13-6-8-20(9-7-13)11-15(17)18/h3-5,10,13,15H,2,6-9,11H2,1H3,(H,19,21). The fourth-order valence-corrected chi connectivity index (χ4v) is 2.62. The van der Waals surface area contributed by atoms with Crippen LogP contribution in [0.2, 0.25) is 0 Å². The highest BCUT2D eigenvalue weighted by Gasteiger charge is 2.22. The van der Waals surface area contributed by atoms with Crippen molar-refractivity contribution < 1.29 is 18.3 Å². The number of nitrogens with zero attached hydrogens (tertiary/aromatic N) is 1. The van der Waals surface area contributed by atoms with Crippen molar-refractivity contribution in [1.82, 2.24) is 10.2 Å². The molecule has 1 aliphatic rings. The van der Waals surface area contributed by atoms with Crippen molar-refractivity contribution in [3.63, 3.8) is 0 Å². The number of piperidine rings is 1. The summed E-state index contributed by atoms with van der Waals surface area (Å²) in [4.78, 5) is 14.0. The van der Waals surface area contributed by atoms with Crippen molar-refractivity contribution in [2.24, 2.45) is 0 Å². The van der Waals surface area contributed by atoms with Gasteiger partial charge in [0.15, 0.2) is 0 Å². The SMILES string of the molecule is CCOc1cccc(C(=O)NC2CCN(CC(F)F)CC2)c1. The highest BCUT2D eigenvalue weighted by molar-refractivity contribution is 5.94. The Morgan fingerprint density at radius 1 is 1.41 bits per heavy atom. The fourth-order valence-electron chi connectivity index (χ4n) is 2.62. The van der Waals surface area contributed by atoms with Crippen molar-refractivity contribution >= 4 is 5.91 Å².